The van der Waals surface area contributed by atoms with E-state index in [9.17, 15) is 9.18 Å². The number of amides is 1. The molecular weight excluding hydrogens is 421 g/mol. The van der Waals surface area contributed by atoms with Crippen LogP contribution >= 0.6 is 0 Å². The monoisotopic (exact) mass is 443 g/mol. The van der Waals surface area contributed by atoms with E-state index < -0.39 is 11.7 Å². The number of nitrogens with zero attached hydrogens (tertiary/aromatic N) is 4. The van der Waals surface area contributed by atoms with Crippen molar-refractivity contribution >= 4 is 11.6 Å². The van der Waals surface area contributed by atoms with E-state index in [2.05, 4.69) is 25.1 Å². The van der Waals surface area contributed by atoms with Crippen LogP contribution in [0.2, 0.25) is 0 Å². The van der Waals surface area contributed by atoms with Crippen molar-refractivity contribution in [2.24, 2.45) is 0 Å². The fraction of sp³-hybridized carbons (Fsp3) is 0.200. The van der Waals surface area contributed by atoms with Crippen molar-refractivity contribution in [1.29, 1.82) is 0 Å². The minimum absolute atomic E-state index is 0.0691. The van der Waals surface area contributed by atoms with Gasteiger partial charge in [0, 0.05) is 24.7 Å². The zero-order valence-corrected chi connectivity index (χ0v) is 17.9. The number of fused-ring (bicyclic) bond motifs is 1. The third-order valence-electron chi connectivity index (χ3n) is 5.58. The summed E-state index contributed by atoms with van der Waals surface area (Å²) in [6.07, 6.45) is 7.36. The highest BCUT2D eigenvalue weighted by molar-refractivity contribution is 6.06. The Morgan fingerprint density at radius 3 is 2.82 bits per heavy atom. The van der Waals surface area contributed by atoms with E-state index in [4.69, 9.17) is 4.74 Å². The fourth-order valence-corrected chi connectivity index (χ4v) is 3.93. The van der Waals surface area contributed by atoms with Crippen LogP contribution in [0.5, 0.6) is 11.5 Å². The first-order valence-electron chi connectivity index (χ1n) is 10.9. The van der Waals surface area contributed by atoms with E-state index in [-0.39, 0.29) is 11.3 Å². The number of pyridine rings is 1. The average molecular weight is 443 g/mol. The normalized spacial score (nSPS) is 13.1. The quantitative estimate of drug-likeness (QED) is 0.456. The molecule has 33 heavy (non-hydrogen) atoms. The predicted octanol–water partition coefficient (Wildman–Crippen LogP) is 5.25. The number of ether oxygens (including phenoxy) is 1. The number of aryl methyl sites for hydroxylation is 1. The van der Waals surface area contributed by atoms with Crippen LogP contribution in [0.15, 0.2) is 67.0 Å². The van der Waals surface area contributed by atoms with Gasteiger partial charge in [-0.1, -0.05) is 18.6 Å². The Balaban J connectivity index is 1.42. The van der Waals surface area contributed by atoms with Gasteiger partial charge >= 0.3 is 0 Å². The lowest BCUT2D eigenvalue weighted by Crippen LogP contribution is -2.14. The first-order chi connectivity index (χ1) is 16.2. The van der Waals surface area contributed by atoms with Crippen molar-refractivity contribution in [3.8, 4) is 22.9 Å². The molecule has 8 heteroatoms. The number of benzene rings is 2. The molecule has 0 aliphatic carbocycles. The molecule has 4 aromatic rings. The topological polar surface area (TPSA) is 81.9 Å². The summed E-state index contributed by atoms with van der Waals surface area (Å²) >= 11 is 0. The fourth-order valence-electron chi connectivity index (χ4n) is 3.93. The van der Waals surface area contributed by atoms with Gasteiger partial charge in [0.2, 0.25) is 0 Å². The summed E-state index contributed by atoms with van der Waals surface area (Å²) < 4.78 is 22.5. The van der Waals surface area contributed by atoms with E-state index in [1.54, 1.807) is 60.9 Å². The largest absolute Gasteiger partial charge is 0.455 e. The van der Waals surface area contributed by atoms with Gasteiger partial charge in [-0.25, -0.2) is 4.39 Å². The molecule has 1 N–H and O–H groups in total. The third-order valence-corrected chi connectivity index (χ3v) is 5.58. The molecular formula is C25H22FN5O2. The van der Waals surface area contributed by atoms with E-state index in [0.717, 1.165) is 38.1 Å². The molecule has 0 radical (unpaired) electrons. The maximum Gasteiger partial charge on any atom is 0.259 e. The molecule has 0 saturated carbocycles. The maximum atomic E-state index is 14.6. The molecule has 1 amide bonds. The van der Waals surface area contributed by atoms with E-state index in [1.165, 1.54) is 6.07 Å². The number of carbonyl (C=O) groups excluding carboxylic acids is 1. The maximum absolute atomic E-state index is 14.6. The third kappa shape index (κ3) is 4.45. The Kier molecular flexibility index (Phi) is 5.80. The smallest absolute Gasteiger partial charge is 0.259 e. The molecule has 2 aromatic carbocycles. The van der Waals surface area contributed by atoms with Gasteiger partial charge in [-0.3, -0.25) is 9.78 Å². The van der Waals surface area contributed by atoms with Crippen molar-refractivity contribution in [2.45, 2.75) is 32.2 Å². The van der Waals surface area contributed by atoms with Crippen LogP contribution in [0.3, 0.4) is 0 Å². The summed E-state index contributed by atoms with van der Waals surface area (Å²) in [7, 11) is 0. The molecule has 166 valence electrons. The summed E-state index contributed by atoms with van der Waals surface area (Å²) in [6.45, 7) is 0.829. The van der Waals surface area contributed by atoms with Crippen LogP contribution < -0.4 is 10.1 Å². The van der Waals surface area contributed by atoms with Crippen LogP contribution in [0.1, 0.15) is 35.4 Å². The minimum atomic E-state index is -0.534. The average Bonchev–Trinajstić information content (AvgIpc) is 3.09. The summed E-state index contributed by atoms with van der Waals surface area (Å²) in [6, 6.07) is 14.9. The SMILES string of the molecule is O=C(Nc1cc(-c2nnc3n2CCCCC3)ccc1F)c1ccccc1Oc1cccnc1. The highest BCUT2D eigenvalue weighted by Gasteiger charge is 2.19. The Labute approximate surface area is 190 Å². The highest BCUT2D eigenvalue weighted by atomic mass is 19.1. The summed E-state index contributed by atoms with van der Waals surface area (Å²) in [4.78, 5) is 17.1. The Bertz CT molecular complexity index is 1290. The second kappa shape index (κ2) is 9.20. The van der Waals surface area contributed by atoms with Crippen molar-refractivity contribution in [3.63, 3.8) is 0 Å². The Hall–Kier alpha value is -4.07. The summed E-state index contributed by atoms with van der Waals surface area (Å²) in [5.41, 5.74) is 1.05. The van der Waals surface area contributed by atoms with Crippen LogP contribution in [0, 0.1) is 5.82 Å². The molecule has 0 unspecified atom stereocenters. The number of hydrogen-bond donors (Lipinski definition) is 1. The summed E-state index contributed by atoms with van der Waals surface area (Å²) in [5.74, 6) is 1.46. The van der Waals surface area contributed by atoms with Gasteiger partial charge < -0.3 is 14.6 Å². The number of halogens is 1. The zero-order valence-electron chi connectivity index (χ0n) is 17.9. The lowest BCUT2D eigenvalue weighted by molar-refractivity contribution is 0.102. The molecule has 3 heterocycles. The van der Waals surface area contributed by atoms with Gasteiger partial charge in [0.25, 0.3) is 5.91 Å². The molecule has 7 nitrogen and oxygen atoms in total. The van der Waals surface area contributed by atoms with Crippen LogP contribution in [0.4, 0.5) is 10.1 Å². The van der Waals surface area contributed by atoms with Crippen LogP contribution in [-0.2, 0) is 13.0 Å². The molecule has 0 bridgehead atoms. The molecule has 0 spiro atoms. The van der Waals surface area contributed by atoms with Crippen molar-refractivity contribution < 1.29 is 13.9 Å². The lowest BCUT2D eigenvalue weighted by atomic mass is 10.1. The molecule has 0 saturated heterocycles. The van der Waals surface area contributed by atoms with Gasteiger partial charge in [0.1, 0.15) is 23.1 Å². The number of hydrogen-bond acceptors (Lipinski definition) is 5. The number of nitrogens with one attached hydrogen (secondary N) is 1. The van der Waals surface area contributed by atoms with E-state index in [0.29, 0.717) is 22.9 Å². The zero-order chi connectivity index (χ0) is 22.6. The first kappa shape index (κ1) is 20.8. The molecule has 5 rings (SSSR count). The molecule has 2 aromatic heterocycles. The molecule has 1 aliphatic heterocycles. The second-order valence-electron chi connectivity index (χ2n) is 7.84. The second-order valence-corrected chi connectivity index (χ2v) is 7.84. The molecule has 0 atom stereocenters. The Morgan fingerprint density at radius 2 is 1.94 bits per heavy atom. The van der Waals surface area contributed by atoms with Crippen molar-refractivity contribution in [3.05, 3.63) is 84.2 Å². The highest BCUT2D eigenvalue weighted by Crippen LogP contribution is 2.29. The number of carbonyl (C=O) groups is 1. The van der Waals surface area contributed by atoms with E-state index >= 15 is 0 Å². The van der Waals surface area contributed by atoms with Crippen LogP contribution in [0.25, 0.3) is 11.4 Å². The lowest BCUT2D eigenvalue weighted by Gasteiger charge is -2.13. The van der Waals surface area contributed by atoms with Crippen LogP contribution in [-0.4, -0.2) is 25.7 Å². The van der Waals surface area contributed by atoms with Gasteiger partial charge in [0.15, 0.2) is 5.82 Å². The number of rotatable bonds is 5. The molecule has 0 fully saturated rings. The van der Waals surface area contributed by atoms with Crippen molar-refractivity contribution in [2.75, 3.05) is 5.32 Å². The van der Waals surface area contributed by atoms with Gasteiger partial charge in [-0.15, -0.1) is 10.2 Å². The van der Waals surface area contributed by atoms with Gasteiger partial charge in [-0.05, 0) is 55.3 Å². The summed E-state index contributed by atoms with van der Waals surface area (Å²) in [5, 5.41) is 11.3. The minimum Gasteiger partial charge on any atom is -0.455 e. The molecule has 1 aliphatic rings. The number of para-hydroxylation sites is 1. The first-order valence-corrected chi connectivity index (χ1v) is 10.9. The Morgan fingerprint density at radius 1 is 1.03 bits per heavy atom. The van der Waals surface area contributed by atoms with Gasteiger partial charge in [-0.2, -0.15) is 0 Å². The van der Waals surface area contributed by atoms with E-state index in [1.807, 2.05) is 0 Å². The predicted molar refractivity (Wildman–Crippen MR) is 122 cm³/mol. The van der Waals surface area contributed by atoms with Crippen molar-refractivity contribution in [1.82, 2.24) is 19.7 Å². The standard InChI is InChI=1S/C25H22FN5O2/c26-20-12-11-17(24-30-29-23-10-2-1-5-14-31(23)24)15-21(20)28-25(32)19-8-3-4-9-22(19)33-18-7-6-13-27-16-18/h3-4,6-9,11-13,15-16H,1-2,5,10,14H2,(H,28,32). The number of anilines is 1. The van der Waals surface area contributed by atoms with Gasteiger partial charge in [0.05, 0.1) is 17.4 Å². The number of aromatic nitrogens is 4.